The van der Waals surface area contributed by atoms with Crippen LogP contribution in [0.4, 0.5) is 5.13 Å². The van der Waals surface area contributed by atoms with E-state index in [2.05, 4.69) is 20.5 Å². The van der Waals surface area contributed by atoms with E-state index >= 15 is 0 Å². The molecule has 4 aromatic rings. The van der Waals surface area contributed by atoms with Gasteiger partial charge in [0.1, 0.15) is 11.5 Å². The fourth-order valence-electron chi connectivity index (χ4n) is 3.03. The molecule has 1 amide bonds. The number of nitrogens with zero attached hydrogens (tertiary/aromatic N) is 2. The maximum Gasteiger partial charge on any atom is 0.230 e. The van der Waals surface area contributed by atoms with E-state index < -0.39 is 0 Å². The van der Waals surface area contributed by atoms with Crippen molar-refractivity contribution in [1.82, 2.24) is 15.2 Å². The average molecular weight is 441 g/mol. The first-order valence-corrected chi connectivity index (χ1v) is 11.0. The number of thioether (sulfide) groups is 1. The lowest BCUT2D eigenvalue weighted by molar-refractivity contribution is -0.115. The number of H-pyrrole nitrogens is 1. The highest BCUT2D eigenvalue weighted by molar-refractivity contribution is 8.00. The van der Waals surface area contributed by atoms with Gasteiger partial charge in [0, 0.05) is 28.9 Å². The van der Waals surface area contributed by atoms with E-state index in [0.29, 0.717) is 10.9 Å². The Balaban J connectivity index is 1.35. The molecule has 0 saturated carbocycles. The van der Waals surface area contributed by atoms with Gasteiger partial charge < -0.3 is 19.8 Å². The summed E-state index contributed by atoms with van der Waals surface area (Å²) in [6.07, 6.45) is 2.14. The van der Waals surface area contributed by atoms with Gasteiger partial charge in [0.05, 0.1) is 20.6 Å². The summed E-state index contributed by atoms with van der Waals surface area (Å²) in [6.45, 7) is 0. The number of amides is 1. The topological polar surface area (TPSA) is 89.1 Å². The van der Waals surface area contributed by atoms with Crippen molar-refractivity contribution in [2.45, 2.75) is 16.5 Å². The molecule has 2 heterocycles. The first-order chi connectivity index (χ1) is 14.6. The van der Waals surface area contributed by atoms with Gasteiger partial charge in [-0.2, -0.15) is 0 Å². The summed E-state index contributed by atoms with van der Waals surface area (Å²) in [7, 11) is 3.25. The molecule has 0 aliphatic carbocycles. The Morgan fingerprint density at radius 2 is 1.90 bits per heavy atom. The number of carbonyl (C=O) groups is 1. The monoisotopic (exact) mass is 440 g/mol. The number of nitrogens with one attached hydrogen (secondary N) is 2. The van der Waals surface area contributed by atoms with Crippen LogP contribution in [-0.2, 0) is 17.0 Å². The standard InChI is InChI=1S/C21H20N4O3S2/c1-27-15-7-13(8-16(10-15)28-2)12-29-21-25-24-20(30-21)23-19(26)9-14-11-22-18-6-4-3-5-17(14)18/h3-8,10-11,22H,9,12H2,1-2H3,(H,23,24,26). The summed E-state index contributed by atoms with van der Waals surface area (Å²) < 4.78 is 11.4. The fourth-order valence-corrected chi connectivity index (χ4v) is 4.73. The van der Waals surface area contributed by atoms with Gasteiger partial charge in [0.15, 0.2) is 4.34 Å². The summed E-state index contributed by atoms with van der Waals surface area (Å²) in [5.74, 6) is 2.05. The first-order valence-electron chi connectivity index (χ1n) is 9.17. The van der Waals surface area contributed by atoms with Crippen LogP contribution >= 0.6 is 23.1 Å². The summed E-state index contributed by atoms with van der Waals surface area (Å²) in [4.78, 5) is 15.6. The van der Waals surface area contributed by atoms with Gasteiger partial charge in [-0.05, 0) is 29.3 Å². The molecule has 0 radical (unpaired) electrons. The lowest BCUT2D eigenvalue weighted by atomic mass is 10.1. The van der Waals surface area contributed by atoms with Crippen LogP contribution in [0.2, 0.25) is 0 Å². The number of hydrogen-bond donors (Lipinski definition) is 2. The van der Waals surface area contributed by atoms with Gasteiger partial charge in [-0.3, -0.25) is 4.79 Å². The molecule has 2 N–H and O–H groups in total. The molecule has 0 spiro atoms. The van der Waals surface area contributed by atoms with Gasteiger partial charge in [-0.15, -0.1) is 10.2 Å². The predicted molar refractivity (Wildman–Crippen MR) is 120 cm³/mol. The zero-order valence-corrected chi connectivity index (χ0v) is 18.1. The number of methoxy groups -OCH3 is 2. The molecular formula is C21H20N4O3S2. The van der Waals surface area contributed by atoms with Gasteiger partial charge in [0.25, 0.3) is 0 Å². The maximum atomic E-state index is 12.4. The van der Waals surface area contributed by atoms with Crippen molar-refractivity contribution in [3.63, 3.8) is 0 Å². The molecule has 154 valence electrons. The quantitative estimate of drug-likeness (QED) is 0.310. The predicted octanol–water partition coefficient (Wildman–Crippen LogP) is 4.51. The molecule has 2 aromatic carbocycles. The number of ether oxygens (including phenoxy) is 2. The molecule has 0 fully saturated rings. The van der Waals surface area contributed by atoms with Crippen LogP contribution < -0.4 is 14.8 Å². The molecule has 0 saturated heterocycles. The number of fused-ring (bicyclic) bond motifs is 1. The Labute approximate surface area is 181 Å². The third-order valence-electron chi connectivity index (χ3n) is 4.45. The SMILES string of the molecule is COc1cc(CSc2nnc(NC(=O)Cc3c[nH]c4ccccc34)s2)cc(OC)c1. The Hall–Kier alpha value is -3.04. The zero-order valence-electron chi connectivity index (χ0n) is 16.5. The van der Waals surface area contributed by atoms with E-state index in [-0.39, 0.29) is 12.3 Å². The molecule has 7 nitrogen and oxygen atoms in total. The summed E-state index contributed by atoms with van der Waals surface area (Å²) in [5, 5.41) is 12.6. The van der Waals surface area contributed by atoms with Crippen LogP contribution in [0.5, 0.6) is 11.5 Å². The lowest BCUT2D eigenvalue weighted by Crippen LogP contribution is -2.14. The molecule has 0 bridgehead atoms. The normalized spacial score (nSPS) is 10.9. The number of benzene rings is 2. The van der Waals surface area contributed by atoms with Gasteiger partial charge in [-0.25, -0.2) is 0 Å². The molecule has 0 atom stereocenters. The highest BCUT2D eigenvalue weighted by Gasteiger charge is 2.12. The number of hydrogen-bond acceptors (Lipinski definition) is 7. The number of anilines is 1. The Bertz CT molecular complexity index is 1150. The number of para-hydroxylation sites is 1. The largest absolute Gasteiger partial charge is 0.497 e. The molecule has 0 aliphatic heterocycles. The van der Waals surface area contributed by atoms with E-state index in [1.54, 1.807) is 26.0 Å². The van der Waals surface area contributed by atoms with Gasteiger partial charge in [-0.1, -0.05) is 41.3 Å². The van der Waals surface area contributed by atoms with E-state index in [0.717, 1.165) is 37.9 Å². The van der Waals surface area contributed by atoms with Crippen LogP contribution in [0.1, 0.15) is 11.1 Å². The molecule has 4 rings (SSSR count). The minimum absolute atomic E-state index is 0.120. The number of carbonyl (C=O) groups excluding carboxylic acids is 1. The average Bonchev–Trinajstić information content (AvgIpc) is 3.39. The molecule has 9 heteroatoms. The first kappa shape index (κ1) is 20.2. The Kier molecular flexibility index (Phi) is 6.20. The van der Waals surface area contributed by atoms with Crippen molar-refractivity contribution in [1.29, 1.82) is 0 Å². The Morgan fingerprint density at radius 3 is 2.67 bits per heavy atom. The number of aromatic nitrogens is 3. The lowest BCUT2D eigenvalue weighted by Gasteiger charge is -2.07. The smallest absolute Gasteiger partial charge is 0.230 e. The third kappa shape index (κ3) is 4.74. The van der Waals surface area contributed by atoms with E-state index in [1.807, 2.05) is 48.7 Å². The summed E-state index contributed by atoms with van der Waals surface area (Å²) in [5.41, 5.74) is 3.02. The number of aromatic amines is 1. The van der Waals surface area contributed by atoms with Crippen molar-refractivity contribution in [2.75, 3.05) is 19.5 Å². The summed E-state index contributed by atoms with van der Waals surface area (Å²) in [6, 6.07) is 13.7. The van der Waals surface area contributed by atoms with Crippen molar-refractivity contribution >= 4 is 45.0 Å². The Morgan fingerprint density at radius 1 is 1.13 bits per heavy atom. The zero-order chi connectivity index (χ0) is 20.9. The van der Waals surface area contributed by atoms with E-state index in [9.17, 15) is 4.79 Å². The third-order valence-corrected chi connectivity index (χ3v) is 6.50. The van der Waals surface area contributed by atoms with E-state index in [1.165, 1.54) is 11.3 Å². The van der Waals surface area contributed by atoms with Crippen LogP contribution in [0.3, 0.4) is 0 Å². The van der Waals surface area contributed by atoms with E-state index in [4.69, 9.17) is 9.47 Å². The second-order valence-corrected chi connectivity index (χ2v) is 8.67. The van der Waals surface area contributed by atoms with Crippen molar-refractivity contribution in [2.24, 2.45) is 0 Å². The van der Waals surface area contributed by atoms with Gasteiger partial charge in [0.2, 0.25) is 11.0 Å². The van der Waals surface area contributed by atoms with Crippen LogP contribution in [0.15, 0.2) is 53.0 Å². The van der Waals surface area contributed by atoms with Crippen LogP contribution in [0, 0.1) is 0 Å². The molecule has 0 aliphatic rings. The molecule has 30 heavy (non-hydrogen) atoms. The van der Waals surface area contributed by atoms with Gasteiger partial charge >= 0.3 is 0 Å². The second kappa shape index (κ2) is 9.19. The maximum absolute atomic E-state index is 12.4. The summed E-state index contributed by atoms with van der Waals surface area (Å²) >= 11 is 2.90. The molecule has 0 unspecified atom stereocenters. The number of rotatable bonds is 8. The highest BCUT2D eigenvalue weighted by atomic mass is 32.2. The van der Waals surface area contributed by atoms with Crippen molar-refractivity contribution in [3.05, 3.63) is 59.8 Å². The molecule has 2 aromatic heterocycles. The molecular weight excluding hydrogens is 420 g/mol. The van der Waals surface area contributed by atoms with Crippen molar-refractivity contribution < 1.29 is 14.3 Å². The van der Waals surface area contributed by atoms with Crippen molar-refractivity contribution in [3.8, 4) is 11.5 Å². The highest BCUT2D eigenvalue weighted by Crippen LogP contribution is 2.31. The second-order valence-electron chi connectivity index (χ2n) is 6.47. The minimum atomic E-state index is -0.120. The fraction of sp³-hybridized carbons (Fsp3) is 0.190. The van der Waals surface area contributed by atoms with Crippen LogP contribution in [-0.4, -0.2) is 35.3 Å². The minimum Gasteiger partial charge on any atom is -0.497 e. The van der Waals surface area contributed by atoms with Crippen LogP contribution in [0.25, 0.3) is 10.9 Å².